The average Bonchev–Trinajstić information content (AvgIpc) is 2.94. The highest BCUT2D eigenvalue weighted by molar-refractivity contribution is 8.15. The lowest BCUT2D eigenvalue weighted by molar-refractivity contribution is -0.117. The number of hydrogen-bond donors (Lipinski definition) is 0. The quantitative estimate of drug-likeness (QED) is 0.795. The van der Waals surface area contributed by atoms with Gasteiger partial charge in [0.2, 0.25) is 5.91 Å². The molecular weight excluding hydrogens is 368 g/mol. The third-order valence-electron chi connectivity index (χ3n) is 4.16. The van der Waals surface area contributed by atoms with Crippen molar-refractivity contribution in [2.24, 2.45) is 4.99 Å². The Labute approximate surface area is 151 Å². The Kier molecular flexibility index (Phi) is 5.22. The number of carbonyl (C=O) groups is 1. The predicted molar refractivity (Wildman–Crippen MR) is 98.2 cm³/mol. The van der Waals surface area contributed by atoms with Crippen LogP contribution in [0.5, 0.6) is 0 Å². The lowest BCUT2D eigenvalue weighted by atomic mass is 10.1. The fourth-order valence-corrected chi connectivity index (χ4v) is 7.17. The zero-order valence-electron chi connectivity index (χ0n) is 13.3. The van der Waals surface area contributed by atoms with Gasteiger partial charge in [-0.2, -0.15) is 4.99 Å². The molecule has 2 aliphatic rings. The van der Waals surface area contributed by atoms with E-state index in [0.717, 1.165) is 12.0 Å². The standard InChI is InChI=1S/C16H19ClN2O3S2/c1-2-5-15(20)18-16-19(8-11-6-3-4-7-12(11)17)13-9-24(21,22)10-14(13)23-16/h3-4,6-7,13-14H,2,5,8-10H2,1H3/t13-,14-/m1/s1. The lowest BCUT2D eigenvalue weighted by Gasteiger charge is -2.24. The second-order valence-corrected chi connectivity index (χ2v) is 9.83. The van der Waals surface area contributed by atoms with Crippen LogP contribution in [0, 0.1) is 0 Å². The highest BCUT2D eigenvalue weighted by atomic mass is 35.5. The summed E-state index contributed by atoms with van der Waals surface area (Å²) < 4.78 is 23.9. The van der Waals surface area contributed by atoms with Gasteiger partial charge in [-0.3, -0.25) is 4.79 Å². The fourth-order valence-electron chi connectivity index (χ4n) is 3.01. The highest BCUT2D eigenvalue weighted by Gasteiger charge is 2.48. The summed E-state index contributed by atoms with van der Waals surface area (Å²) >= 11 is 7.65. The predicted octanol–water partition coefficient (Wildman–Crippen LogP) is 2.74. The molecule has 0 aromatic heterocycles. The third kappa shape index (κ3) is 3.78. The molecule has 8 heteroatoms. The van der Waals surface area contributed by atoms with Gasteiger partial charge in [-0.05, 0) is 18.1 Å². The van der Waals surface area contributed by atoms with E-state index in [9.17, 15) is 13.2 Å². The van der Waals surface area contributed by atoms with E-state index >= 15 is 0 Å². The molecule has 2 saturated heterocycles. The number of amidine groups is 1. The molecule has 2 heterocycles. The highest BCUT2D eigenvalue weighted by Crippen LogP contribution is 2.39. The second-order valence-electron chi connectivity index (χ2n) is 6.06. The van der Waals surface area contributed by atoms with E-state index in [1.807, 2.05) is 36.1 Å². The van der Waals surface area contributed by atoms with Gasteiger partial charge >= 0.3 is 0 Å². The molecule has 3 rings (SSSR count). The van der Waals surface area contributed by atoms with Crippen molar-refractivity contribution in [2.75, 3.05) is 11.5 Å². The molecule has 2 atom stereocenters. The van der Waals surface area contributed by atoms with Crippen LogP contribution in [-0.2, 0) is 21.2 Å². The van der Waals surface area contributed by atoms with Gasteiger partial charge in [0.05, 0.1) is 17.5 Å². The molecule has 130 valence electrons. The second kappa shape index (κ2) is 7.06. The van der Waals surface area contributed by atoms with Crippen LogP contribution in [0.25, 0.3) is 0 Å². The summed E-state index contributed by atoms with van der Waals surface area (Å²) in [5, 5.41) is 1.19. The van der Waals surface area contributed by atoms with Crippen molar-refractivity contribution in [1.82, 2.24) is 4.90 Å². The number of fused-ring (bicyclic) bond motifs is 1. The molecule has 0 aliphatic carbocycles. The van der Waals surface area contributed by atoms with Crippen LogP contribution in [0.3, 0.4) is 0 Å². The summed E-state index contributed by atoms with van der Waals surface area (Å²) in [4.78, 5) is 18.1. The summed E-state index contributed by atoms with van der Waals surface area (Å²) in [7, 11) is -3.04. The fraction of sp³-hybridized carbons (Fsp3) is 0.500. The first-order valence-electron chi connectivity index (χ1n) is 7.88. The van der Waals surface area contributed by atoms with E-state index in [1.54, 1.807) is 0 Å². The molecule has 1 aromatic rings. The molecule has 5 nitrogen and oxygen atoms in total. The Morgan fingerprint density at radius 3 is 2.83 bits per heavy atom. The van der Waals surface area contributed by atoms with Crippen LogP contribution >= 0.6 is 23.4 Å². The Balaban J connectivity index is 1.90. The molecule has 1 aromatic carbocycles. The normalized spacial score (nSPS) is 26.8. The van der Waals surface area contributed by atoms with E-state index in [2.05, 4.69) is 4.99 Å². The SMILES string of the molecule is CCCC(=O)N=C1S[C@@H]2CS(=O)(=O)C[C@H]2N1Cc1ccccc1Cl. The maximum absolute atomic E-state index is 12.0. The molecule has 0 bridgehead atoms. The lowest BCUT2D eigenvalue weighted by Crippen LogP contribution is -2.37. The van der Waals surface area contributed by atoms with Crippen molar-refractivity contribution >= 4 is 44.3 Å². The minimum atomic E-state index is -3.04. The minimum absolute atomic E-state index is 0.0642. The Morgan fingerprint density at radius 1 is 1.38 bits per heavy atom. The van der Waals surface area contributed by atoms with Gasteiger partial charge in [0.15, 0.2) is 15.0 Å². The Morgan fingerprint density at radius 2 is 2.12 bits per heavy atom. The maximum atomic E-state index is 12.0. The van der Waals surface area contributed by atoms with Crippen LogP contribution in [-0.4, -0.2) is 47.2 Å². The number of carbonyl (C=O) groups excluding carboxylic acids is 1. The van der Waals surface area contributed by atoms with Gasteiger partial charge in [0.1, 0.15) is 0 Å². The monoisotopic (exact) mass is 386 g/mol. The number of sulfone groups is 1. The smallest absolute Gasteiger partial charge is 0.248 e. The molecule has 0 radical (unpaired) electrons. The van der Waals surface area contributed by atoms with E-state index < -0.39 is 9.84 Å². The van der Waals surface area contributed by atoms with Crippen LogP contribution in [0.1, 0.15) is 25.3 Å². The van der Waals surface area contributed by atoms with E-state index in [-0.39, 0.29) is 28.7 Å². The van der Waals surface area contributed by atoms with Gasteiger partial charge < -0.3 is 4.90 Å². The molecular formula is C16H19ClN2O3S2. The number of halogens is 1. The van der Waals surface area contributed by atoms with Gasteiger partial charge in [-0.1, -0.05) is 48.5 Å². The van der Waals surface area contributed by atoms with Gasteiger partial charge in [-0.25, -0.2) is 8.42 Å². The van der Waals surface area contributed by atoms with Gasteiger partial charge in [0.25, 0.3) is 0 Å². The summed E-state index contributed by atoms with van der Waals surface area (Å²) in [6, 6.07) is 7.32. The van der Waals surface area contributed by atoms with Gasteiger partial charge in [-0.15, -0.1) is 0 Å². The van der Waals surface area contributed by atoms with Crippen LogP contribution < -0.4 is 0 Å². The topological polar surface area (TPSA) is 66.8 Å². The van der Waals surface area contributed by atoms with Crippen molar-refractivity contribution in [3.8, 4) is 0 Å². The number of hydrogen-bond acceptors (Lipinski definition) is 4. The van der Waals surface area contributed by atoms with Gasteiger partial charge in [0, 0.05) is 23.2 Å². The summed E-state index contributed by atoms with van der Waals surface area (Å²) in [5.74, 6) is 0.0883. The Hall–Kier alpha value is -1.05. The molecule has 1 amide bonds. The number of rotatable bonds is 4. The minimum Gasteiger partial charge on any atom is -0.342 e. The zero-order chi connectivity index (χ0) is 17.3. The molecule has 2 fully saturated rings. The summed E-state index contributed by atoms with van der Waals surface area (Å²) in [6.45, 7) is 2.39. The first kappa shape index (κ1) is 17.8. The number of benzene rings is 1. The number of nitrogens with zero attached hydrogens (tertiary/aromatic N) is 2. The molecule has 0 spiro atoms. The van der Waals surface area contributed by atoms with Crippen molar-refractivity contribution in [1.29, 1.82) is 0 Å². The van der Waals surface area contributed by atoms with E-state index in [0.29, 0.717) is 23.2 Å². The van der Waals surface area contributed by atoms with Crippen molar-refractivity contribution in [3.63, 3.8) is 0 Å². The molecule has 24 heavy (non-hydrogen) atoms. The third-order valence-corrected chi connectivity index (χ3v) is 7.77. The maximum Gasteiger partial charge on any atom is 0.248 e. The van der Waals surface area contributed by atoms with Crippen molar-refractivity contribution in [3.05, 3.63) is 34.9 Å². The summed E-state index contributed by atoms with van der Waals surface area (Å²) in [5.41, 5.74) is 0.903. The van der Waals surface area contributed by atoms with Crippen LogP contribution in [0.2, 0.25) is 5.02 Å². The molecule has 0 saturated carbocycles. The molecule has 0 unspecified atom stereocenters. The van der Waals surface area contributed by atoms with Crippen LogP contribution in [0.4, 0.5) is 0 Å². The van der Waals surface area contributed by atoms with Crippen LogP contribution in [0.15, 0.2) is 29.3 Å². The van der Waals surface area contributed by atoms with E-state index in [4.69, 9.17) is 11.6 Å². The number of amides is 1. The van der Waals surface area contributed by atoms with E-state index in [1.165, 1.54) is 11.8 Å². The summed E-state index contributed by atoms with van der Waals surface area (Å²) in [6.07, 6.45) is 1.14. The average molecular weight is 387 g/mol. The largest absolute Gasteiger partial charge is 0.342 e. The molecule has 0 N–H and O–H groups in total. The number of aliphatic imine (C=N–C) groups is 1. The zero-order valence-corrected chi connectivity index (χ0v) is 15.7. The first-order chi connectivity index (χ1) is 11.4. The van der Waals surface area contributed by atoms with Crippen molar-refractivity contribution in [2.45, 2.75) is 37.6 Å². The first-order valence-corrected chi connectivity index (χ1v) is 11.0. The van der Waals surface area contributed by atoms with Crippen molar-refractivity contribution < 1.29 is 13.2 Å². The Bertz CT molecular complexity index is 779. The number of thioether (sulfide) groups is 1. The molecule has 2 aliphatic heterocycles.